The SMILES string of the molecule is CNC(C)CNC(=O)c1ccc(NC(=O)Nc2ccccc2)s1.Cl. The first-order valence-corrected chi connectivity index (χ1v) is 8.08. The van der Waals surface area contributed by atoms with Gasteiger partial charge in [-0.15, -0.1) is 23.7 Å². The summed E-state index contributed by atoms with van der Waals surface area (Å²) in [7, 11) is 1.84. The first-order chi connectivity index (χ1) is 11.1. The van der Waals surface area contributed by atoms with E-state index in [1.165, 1.54) is 11.3 Å². The van der Waals surface area contributed by atoms with Crippen molar-refractivity contribution >= 4 is 46.4 Å². The van der Waals surface area contributed by atoms with Gasteiger partial charge in [-0.25, -0.2) is 4.79 Å². The predicted octanol–water partition coefficient (Wildman–Crippen LogP) is 3.15. The number of halogens is 1. The number of benzene rings is 1. The molecule has 24 heavy (non-hydrogen) atoms. The van der Waals surface area contributed by atoms with Crippen LogP contribution in [0.15, 0.2) is 42.5 Å². The molecule has 130 valence electrons. The summed E-state index contributed by atoms with van der Waals surface area (Å²) in [5.41, 5.74) is 0.709. The fourth-order valence-electron chi connectivity index (χ4n) is 1.76. The molecule has 0 radical (unpaired) electrons. The van der Waals surface area contributed by atoms with E-state index < -0.39 is 0 Å². The number of rotatable bonds is 6. The first kappa shape index (κ1) is 20.0. The minimum atomic E-state index is -0.339. The van der Waals surface area contributed by atoms with E-state index >= 15 is 0 Å². The zero-order chi connectivity index (χ0) is 16.7. The number of amides is 3. The minimum absolute atomic E-state index is 0. The van der Waals surface area contributed by atoms with E-state index in [0.717, 1.165) is 0 Å². The molecule has 0 aliphatic rings. The van der Waals surface area contributed by atoms with Gasteiger partial charge in [0.2, 0.25) is 0 Å². The summed E-state index contributed by atoms with van der Waals surface area (Å²) < 4.78 is 0. The van der Waals surface area contributed by atoms with Gasteiger partial charge in [-0.2, -0.15) is 0 Å². The van der Waals surface area contributed by atoms with E-state index in [1.54, 1.807) is 24.3 Å². The molecule has 0 saturated heterocycles. The van der Waals surface area contributed by atoms with Crippen LogP contribution in [0, 0.1) is 0 Å². The van der Waals surface area contributed by atoms with Gasteiger partial charge < -0.3 is 16.0 Å². The van der Waals surface area contributed by atoms with E-state index in [-0.39, 0.29) is 30.4 Å². The highest BCUT2D eigenvalue weighted by Crippen LogP contribution is 2.22. The summed E-state index contributed by atoms with van der Waals surface area (Å²) in [5, 5.41) is 11.9. The van der Waals surface area contributed by atoms with Gasteiger partial charge in [0.25, 0.3) is 5.91 Å². The van der Waals surface area contributed by atoms with Crippen molar-refractivity contribution in [2.45, 2.75) is 13.0 Å². The average molecular weight is 369 g/mol. The first-order valence-electron chi connectivity index (χ1n) is 7.27. The van der Waals surface area contributed by atoms with Crippen molar-refractivity contribution in [3.05, 3.63) is 47.3 Å². The van der Waals surface area contributed by atoms with Crippen LogP contribution in [0.4, 0.5) is 15.5 Å². The Labute approximate surface area is 151 Å². The molecule has 1 aromatic heterocycles. The van der Waals surface area contributed by atoms with Gasteiger partial charge >= 0.3 is 6.03 Å². The monoisotopic (exact) mass is 368 g/mol. The fraction of sp³-hybridized carbons (Fsp3) is 0.250. The maximum Gasteiger partial charge on any atom is 0.324 e. The third kappa shape index (κ3) is 6.19. The Morgan fingerprint density at radius 3 is 2.46 bits per heavy atom. The highest BCUT2D eigenvalue weighted by Gasteiger charge is 2.11. The number of carbonyl (C=O) groups excluding carboxylic acids is 2. The Morgan fingerprint density at radius 1 is 1.08 bits per heavy atom. The number of hydrogen-bond donors (Lipinski definition) is 4. The molecule has 1 aromatic carbocycles. The van der Waals surface area contributed by atoms with Crippen LogP contribution in [0.2, 0.25) is 0 Å². The Kier molecular flexibility index (Phi) is 8.25. The topological polar surface area (TPSA) is 82.3 Å². The van der Waals surface area contributed by atoms with Gasteiger partial charge in [0, 0.05) is 18.3 Å². The molecule has 1 unspecified atom stereocenters. The van der Waals surface area contributed by atoms with E-state index in [0.29, 0.717) is 22.1 Å². The van der Waals surface area contributed by atoms with Gasteiger partial charge in [-0.05, 0) is 38.2 Å². The largest absolute Gasteiger partial charge is 0.350 e. The Bertz CT molecular complexity index is 663. The zero-order valence-corrected chi connectivity index (χ0v) is 15.1. The number of para-hydroxylation sites is 1. The van der Waals surface area contributed by atoms with Crippen LogP contribution in [-0.4, -0.2) is 31.6 Å². The highest BCUT2D eigenvalue weighted by atomic mass is 35.5. The summed E-state index contributed by atoms with van der Waals surface area (Å²) in [5.74, 6) is -0.145. The lowest BCUT2D eigenvalue weighted by molar-refractivity contribution is 0.0954. The summed E-state index contributed by atoms with van der Waals surface area (Å²) in [6.45, 7) is 2.53. The number of likely N-dealkylation sites (N-methyl/N-ethyl adjacent to an activating group) is 1. The molecule has 8 heteroatoms. The smallest absolute Gasteiger partial charge is 0.324 e. The molecule has 3 amide bonds. The molecule has 0 aliphatic heterocycles. The van der Waals surface area contributed by atoms with E-state index in [1.807, 2.05) is 32.2 Å². The van der Waals surface area contributed by atoms with Crippen LogP contribution >= 0.6 is 23.7 Å². The molecular weight excluding hydrogens is 348 g/mol. The lowest BCUT2D eigenvalue weighted by Gasteiger charge is -2.10. The van der Waals surface area contributed by atoms with Crippen molar-refractivity contribution < 1.29 is 9.59 Å². The summed E-state index contributed by atoms with van der Waals surface area (Å²) in [4.78, 5) is 24.4. The maximum absolute atomic E-state index is 12.0. The summed E-state index contributed by atoms with van der Waals surface area (Å²) in [6, 6.07) is 12.4. The van der Waals surface area contributed by atoms with Crippen molar-refractivity contribution in [3.63, 3.8) is 0 Å². The quantitative estimate of drug-likeness (QED) is 0.632. The van der Waals surface area contributed by atoms with E-state index in [9.17, 15) is 9.59 Å². The highest BCUT2D eigenvalue weighted by molar-refractivity contribution is 7.18. The number of anilines is 2. The normalized spacial score (nSPS) is 11.1. The van der Waals surface area contributed by atoms with Gasteiger partial charge in [0.1, 0.15) is 0 Å². The van der Waals surface area contributed by atoms with Crippen LogP contribution in [0.1, 0.15) is 16.6 Å². The summed E-state index contributed by atoms with van der Waals surface area (Å²) in [6.07, 6.45) is 0. The number of nitrogens with one attached hydrogen (secondary N) is 4. The maximum atomic E-state index is 12.0. The van der Waals surface area contributed by atoms with Crippen molar-refractivity contribution in [1.82, 2.24) is 10.6 Å². The second kappa shape index (κ2) is 9.92. The number of carbonyl (C=O) groups is 2. The second-order valence-corrected chi connectivity index (χ2v) is 6.09. The van der Waals surface area contributed by atoms with Gasteiger partial charge in [-0.1, -0.05) is 18.2 Å². The van der Waals surface area contributed by atoms with Gasteiger partial charge in [0.05, 0.1) is 9.88 Å². The van der Waals surface area contributed by atoms with Crippen LogP contribution < -0.4 is 21.3 Å². The lowest BCUT2D eigenvalue weighted by Crippen LogP contribution is -2.36. The zero-order valence-electron chi connectivity index (χ0n) is 13.5. The molecule has 1 atom stereocenters. The molecule has 0 aliphatic carbocycles. The van der Waals surface area contributed by atoms with Crippen molar-refractivity contribution in [2.75, 3.05) is 24.2 Å². The molecule has 0 bridgehead atoms. The fourth-order valence-corrected chi connectivity index (χ4v) is 2.58. The molecule has 0 fully saturated rings. The Morgan fingerprint density at radius 2 is 1.79 bits per heavy atom. The number of hydrogen-bond acceptors (Lipinski definition) is 4. The standard InChI is InChI=1S/C16H20N4O2S.ClH/c1-11(17-2)10-18-15(21)13-8-9-14(23-13)20-16(22)19-12-6-4-3-5-7-12;/h3-9,11,17H,10H2,1-2H3,(H,18,21)(H2,19,20,22);1H. The Balaban J connectivity index is 0.00000288. The number of thiophene rings is 1. The van der Waals surface area contributed by atoms with Crippen molar-refractivity contribution in [1.29, 1.82) is 0 Å². The lowest BCUT2D eigenvalue weighted by atomic mass is 10.3. The average Bonchev–Trinajstić information content (AvgIpc) is 3.01. The third-order valence-electron chi connectivity index (χ3n) is 3.16. The summed E-state index contributed by atoms with van der Waals surface area (Å²) >= 11 is 1.23. The van der Waals surface area contributed by atoms with Gasteiger partial charge in [0.15, 0.2) is 0 Å². The molecule has 2 aromatic rings. The predicted molar refractivity (Wildman–Crippen MR) is 102 cm³/mol. The third-order valence-corrected chi connectivity index (χ3v) is 4.16. The molecule has 6 nitrogen and oxygen atoms in total. The molecule has 2 rings (SSSR count). The van der Waals surface area contributed by atoms with E-state index in [4.69, 9.17) is 0 Å². The van der Waals surface area contributed by atoms with Crippen molar-refractivity contribution in [3.8, 4) is 0 Å². The molecule has 0 spiro atoms. The molecule has 4 N–H and O–H groups in total. The van der Waals surface area contributed by atoms with Crippen LogP contribution in [-0.2, 0) is 0 Å². The minimum Gasteiger partial charge on any atom is -0.350 e. The Hall–Kier alpha value is -2.09. The van der Waals surface area contributed by atoms with Crippen LogP contribution in [0.3, 0.4) is 0 Å². The molecule has 0 saturated carbocycles. The molecular formula is C16H21ClN4O2S. The van der Waals surface area contributed by atoms with Crippen LogP contribution in [0.25, 0.3) is 0 Å². The number of urea groups is 1. The van der Waals surface area contributed by atoms with Crippen LogP contribution in [0.5, 0.6) is 0 Å². The van der Waals surface area contributed by atoms with Gasteiger partial charge in [-0.3, -0.25) is 10.1 Å². The van der Waals surface area contributed by atoms with E-state index in [2.05, 4.69) is 21.3 Å². The second-order valence-electron chi connectivity index (χ2n) is 5.01. The molecule has 1 heterocycles. The van der Waals surface area contributed by atoms with Crippen molar-refractivity contribution in [2.24, 2.45) is 0 Å².